The molecule has 0 saturated heterocycles. The predicted octanol–water partition coefficient (Wildman–Crippen LogP) is 0.729. The molecule has 0 amide bonds. The minimum Gasteiger partial charge on any atom is -0.550 e. The fraction of sp³-hybridized carbons (Fsp3) is 0.625. The zero-order chi connectivity index (χ0) is 7.98. The maximum atomic E-state index is 10.0. The van der Waals surface area contributed by atoms with E-state index in [0.717, 1.165) is 6.42 Å². The molecular weight excluding hydrogens is 128 g/mol. The summed E-state index contributed by atoms with van der Waals surface area (Å²) in [5.41, 5.74) is 0. The van der Waals surface area contributed by atoms with Crippen LogP contribution in [-0.2, 0) is 4.79 Å². The fourth-order valence-corrected chi connectivity index (χ4v) is 0.699. The molecule has 0 N–H and O–H groups in total. The highest BCUT2D eigenvalue weighted by molar-refractivity contribution is 5.64. The Morgan fingerprint density at radius 3 is 2.70 bits per heavy atom. The third-order valence-electron chi connectivity index (χ3n) is 1.19. The minimum absolute atomic E-state index is 0.102. The number of carboxylic acids is 1. The molecule has 0 aliphatic carbocycles. The van der Waals surface area contributed by atoms with Crippen LogP contribution in [0.1, 0.15) is 26.7 Å². The molecule has 1 unspecified atom stereocenters. The monoisotopic (exact) mass is 141 g/mol. The van der Waals surface area contributed by atoms with Gasteiger partial charge in [0.15, 0.2) is 0 Å². The summed E-state index contributed by atoms with van der Waals surface area (Å²) in [4.78, 5) is 10.0. The standard InChI is InChI=1S/C8H14O2/c1-3-4-5-7(2)6-8(9)10/h4-5,7H,3,6H2,1-2H3,(H,9,10)/p-1/b5-4+. The van der Waals surface area contributed by atoms with Crippen LogP contribution in [0.25, 0.3) is 0 Å². The van der Waals surface area contributed by atoms with Crippen molar-refractivity contribution < 1.29 is 9.90 Å². The number of rotatable bonds is 4. The quantitative estimate of drug-likeness (QED) is 0.541. The van der Waals surface area contributed by atoms with E-state index >= 15 is 0 Å². The van der Waals surface area contributed by atoms with Crippen molar-refractivity contribution in [1.82, 2.24) is 0 Å². The number of carboxylic acid groups (broad SMARTS) is 1. The summed E-state index contributed by atoms with van der Waals surface area (Å²) in [6.07, 6.45) is 4.94. The summed E-state index contributed by atoms with van der Waals surface area (Å²) >= 11 is 0. The second-order valence-corrected chi connectivity index (χ2v) is 2.39. The van der Waals surface area contributed by atoms with Gasteiger partial charge >= 0.3 is 0 Å². The van der Waals surface area contributed by atoms with Crippen molar-refractivity contribution in [2.45, 2.75) is 26.7 Å². The Morgan fingerprint density at radius 2 is 2.30 bits per heavy atom. The predicted molar refractivity (Wildman–Crippen MR) is 38.2 cm³/mol. The van der Waals surface area contributed by atoms with Gasteiger partial charge in [0.2, 0.25) is 0 Å². The summed E-state index contributed by atoms with van der Waals surface area (Å²) in [6.45, 7) is 3.88. The third kappa shape index (κ3) is 5.35. The van der Waals surface area contributed by atoms with E-state index in [4.69, 9.17) is 0 Å². The maximum Gasteiger partial charge on any atom is 0.0420 e. The van der Waals surface area contributed by atoms with E-state index in [1.165, 1.54) is 0 Å². The first-order valence-electron chi connectivity index (χ1n) is 3.53. The van der Waals surface area contributed by atoms with Crippen LogP contribution in [0.4, 0.5) is 0 Å². The summed E-state index contributed by atoms with van der Waals surface area (Å²) in [7, 11) is 0. The van der Waals surface area contributed by atoms with Crippen molar-refractivity contribution in [1.29, 1.82) is 0 Å². The van der Waals surface area contributed by atoms with Gasteiger partial charge in [0, 0.05) is 5.97 Å². The van der Waals surface area contributed by atoms with Crippen LogP contribution in [-0.4, -0.2) is 5.97 Å². The van der Waals surface area contributed by atoms with E-state index < -0.39 is 5.97 Å². The van der Waals surface area contributed by atoms with E-state index in [1.807, 2.05) is 26.0 Å². The highest BCUT2D eigenvalue weighted by Gasteiger charge is 1.94. The fourth-order valence-electron chi connectivity index (χ4n) is 0.699. The zero-order valence-electron chi connectivity index (χ0n) is 6.46. The van der Waals surface area contributed by atoms with Crippen LogP contribution in [0.2, 0.25) is 0 Å². The normalized spacial score (nSPS) is 13.8. The van der Waals surface area contributed by atoms with E-state index in [1.54, 1.807) is 0 Å². The Hall–Kier alpha value is -0.790. The summed E-state index contributed by atoms with van der Waals surface area (Å²) < 4.78 is 0. The van der Waals surface area contributed by atoms with Gasteiger partial charge < -0.3 is 9.90 Å². The van der Waals surface area contributed by atoms with Crippen LogP contribution in [0, 0.1) is 5.92 Å². The molecule has 0 fully saturated rings. The molecule has 0 saturated carbocycles. The molecule has 0 aromatic carbocycles. The zero-order valence-corrected chi connectivity index (χ0v) is 6.46. The van der Waals surface area contributed by atoms with Gasteiger partial charge in [0.05, 0.1) is 0 Å². The molecule has 0 spiro atoms. The number of carbonyl (C=O) groups excluding carboxylic acids is 1. The summed E-state index contributed by atoms with van der Waals surface area (Å²) in [6, 6.07) is 0. The Bertz CT molecular complexity index is 127. The first kappa shape index (κ1) is 9.21. The lowest BCUT2D eigenvalue weighted by Crippen LogP contribution is -2.23. The third-order valence-corrected chi connectivity index (χ3v) is 1.19. The molecule has 0 aromatic rings. The molecule has 1 atom stereocenters. The highest BCUT2D eigenvalue weighted by Crippen LogP contribution is 2.02. The molecule has 0 aromatic heterocycles. The summed E-state index contributed by atoms with van der Waals surface area (Å²) in [5.74, 6) is -0.877. The van der Waals surface area contributed by atoms with Crippen molar-refractivity contribution >= 4 is 5.97 Å². The molecule has 0 radical (unpaired) electrons. The van der Waals surface area contributed by atoms with Crippen molar-refractivity contribution in [3.63, 3.8) is 0 Å². The minimum atomic E-state index is -0.978. The lowest BCUT2D eigenvalue weighted by Gasteiger charge is -2.05. The van der Waals surface area contributed by atoms with Crippen molar-refractivity contribution in [2.24, 2.45) is 5.92 Å². The number of hydrogen-bond acceptors (Lipinski definition) is 2. The van der Waals surface area contributed by atoms with E-state index in [9.17, 15) is 9.90 Å². The lowest BCUT2D eigenvalue weighted by molar-refractivity contribution is -0.306. The van der Waals surface area contributed by atoms with Crippen LogP contribution in [0.15, 0.2) is 12.2 Å². The largest absolute Gasteiger partial charge is 0.550 e. The van der Waals surface area contributed by atoms with Crippen molar-refractivity contribution in [3.8, 4) is 0 Å². The number of hydrogen-bond donors (Lipinski definition) is 0. The first-order chi connectivity index (χ1) is 4.66. The molecule has 2 heteroatoms. The SMILES string of the molecule is CC/C=C/C(C)CC(=O)[O-]. The molecule has 58 valence electrons. The highest BCUT2D eigenvalue weighted by atomic mass is 16.4. The van der Waals surface area contributed by atoms with Gasteiger partial charge in [0.1, 0.15) is 0 Å². The second-order valence-electron chi connectivity index (χ2n) is 2.39. The average Bonchev–Trinajstić information content (AvgIpc) is 1.82. The summed E-state index contributed by atoms with van der Waals surface area (Å²) in [5, 5.41) is 10.0. The van der Waals surface area contributed by atoms with Crippen LogP contribution in [0.3, 0.4) is 0 Å². The molecule has 0 aliphatic heterocycles. The van der Waals surface area contributed by atoms with Gasteiger partial charge in [-0.15, -0.1) is 0 Å². The topological polar surface area (TPSA) is 40.1 Å². The molecular formula is C8H13O2-. The molecule has 0 heterocycles. The van der Waals surface area contributed by atoms with Crippen molar-refractivity contribution in [2.75, 3.05) is 0 Å². The number of aliphatic carboxylic acids is 1. The Balaban J connectivity index is 3.52. The smallest absolute Gasteiger partial charge is 0.0420 e. The Kier molecular flexibility index (Phi) is 4.63. The lowest BCUT2D eigenvalue weighted by atomic mass is 10.1. The number of carbonyl (C=O) groups is 1. The van der Waals surface area contributed by atoms with E-state index in [-0.39, 0.29) is 12.3 Å². The second kappa shape index (κ2) is 5.03. The van der Waals surface area contributed by atoms with Gasteiger partial charge in [-0.3, -0.25) is 0 Å². The molecule has 0 bridgehead atoms. The van der Waals surface area contributed by atoms with Gasteiger partial charge in [-0.05, 0) is 18.8 Å². The first-order valence-corrected chi connectivity index (χ1v) is 3.53. The Labute approximate surface area is 61.6 Å². The number of allylic oxidation sites excluding steroid dienone is 2. The van der Waals surface area contributed by atoms with E-state index in [2.05, 4.69) is 0 Å². The maximum absolute atomic E-state index is 10.0. The van der Waals surface area contributed by atoms with Crippen LogP contribution in [0.5, 0.6) is 0 Å². The van der Waals surface area contributed by atoms with Crippen LogP contribution >= 0.6 is 0 Å². The van der Waals surface area contributed by atoms with Gasteiger partial charge in [-0.25, -0.2) is 0 Å². The van der Waals surface area contributed by atoms with Gasteiger partial charge in [0.25, 0.3) is 0 Å². The Morgan fingerprint density at radius 1 is 1.70 bits per heavy atom. The van der Waals surface area contributed by atoms with Crippen LogP contribution < -0.4 is 5.11 Å². The van der Waals surface area contributed by atoms with Gasteiger partial charge in [-0.2, -0.15) is 0 Å². The molecule has 2 nitrogen and oxygen atoms in total. The van der Waals surface area contributed by atoms with E-state index in [0.29, 0.717) is 0 Å². The van der Waals surface area contributed by atoms with Crippen molar-refractivity contribution in [3.05, 3.63) is 12.2 Å². The molecule has 10 heavy (non-hydrogen) atoms. The molecule has 0 rings (SSSR count). The van der Waals surface area contributed by atoms with Gasteiger partial charge in [-0.1, -0.05) is 26.0 Å². The molecule has 0 aliphatic rings. The average molecular weight is 141 g/mol.